The van der Waals surface area contributed by atoms with Gasteiger partial charge in [0.25, 0.3) is 0 Å². The van der Waals surface area contributed by atoms with Crippen molar-refractivity contribution in [1.82, 2.24) is 10.6 Å². The molecule has 0 aromatic heterocycles. The zero-order valence-corrected chi connectivity index (χ0v) is 10.6. The van der Waals surface area contributed by atoms with Crippen LogP contribution in [0.25, 0.3) is 0 Å². The van der Waals surface area contributed by atoms with Gasteiger partial charge in [-0.1, -0.05) is 0 Å². The quantitative estimate of drug-likeness (QED) is 0.498. The summed E-state index contributed by atoms with van der Waals surface area (Å²) in [7, 11) is 1.92. The summed E-state index contributed by atoms with van der Waals surface area (Å²) in [4.78, 5) is 9.98. The number of rotatable bonds is 8. The van der Waals surface area contributed by atoms with Crippen molar-refractivity contribution in [2.24, 2.45) is 0 Å². The van der Waals surface area contributed by atoms with Crippen LogP contribution < -0.4 is 10.6 Å². The lowest BCUT2D eigenvalue weighted by Crippen LogP contribution is -2.37. The summed E-state index contributed by atoms with van der Waals surface area (Å²) < 4.78 is 17.4. The van der Waals surface area contributed by atoms with Crippen LogP contribution in [0.3, 0.4) is 0 Å². The minimum atomic E-state index is -1.48. The van der Waals surface area contributed by atoms with E-state index in [0.717, 1.165) is 6.42 Å². The van der Waals surface area contributed by atoms with Gasteiger partial charge in [0, 0.05) is 18.7 Å². The highest BCUT2D eigenvalue weighted by Gasteiger charge is 2.14. The van der Waals surface area contributed by atoms with Crippen molar-refractivity contribution in [2.75, 3.05) is 20.2 Å². The standard InChI is InChI=1S/C11H23FN2O2/c1-9(5-7-14-10(12)15)16-8-6-11(2,3)13-4/h9,13H,5-8H2,1-4H3,(H,14,15). The number of carbonyl (C=O) groups excluding carboxylic acids is 1. The zero-order chi connectivity index (χ0) is 12.6. The molecular formula is C11H23FN2O2. The largest absolute Gasteiger partial charge is 0.397 e. The van der Waals surface area contributed by atoms with E-state index in [-0.39, 0.29) is 11.6 Å². The Hall–Kier alpha value is -0.680. The summed E-state index contributed by atoms with van der Waals surface area (Å²) in [6, 6.07) is 0. The average molecular weight is 234 g/mol. The van der Waals surface area contributed by atoms with Crippen molar-refractivity contribution in [3.05, 3.63) is 0 Å². The lowest BCUT2D eigenvalue weighted by atomic mass is 10.0. The number of hydrogen-bond acceptors (Lipinski definition) is 3. The van der Waals surface area contributed by atoms with Crippen molar-refractivity contribution in [1.29, 1.82) is 0 Å². The molecule has 0 heterocycles. The Morgan fingerprint density at radius 3 is 2.62 bits per heavy atom. The second-order valence-electron chi connectivity index (χ2n) is 4.55. The monoisotopic (exact) mass is 234 g/mol. The molecule has 0 aromatic carbocycles. The third kappa shape index (κ3) is 8.61. The maximum absolute atomic E-state index is 11.8. The van der Waals surface area contributed by atoms with E-state index in [1.165, 1.54) is 0 Å². The molecule has 96 valence electrons. The van der Waals surface area contributed by atoms with E-state index in [1.807, 2.05) is 14.0 Å². The first kappa shape index (κ1) is 15.3. The van der Waals surface area contributed by atoms with Crippen LogP contribution in [0.1, 0.15) is 33.6 Å². The topological polar surface area (TPSA) is 50.4 Å². The fraction of sp³-hybridized carbons (Fsp3) is 0.909. The highest BCUT2D eigenvalue weighted by Crippen LogP contribution is 2.08. The van der Waals surface area contributed by atoms with Gasteiger partial charge in [0.1, 0.15) is 0 Å². The Balaban J connectivity index is 3.50. The molecule has 0 saturated heterocycles. The predicted molar refractivity (Wildman–Crippen MR) is 62.3 cm³/mol. The van der Waals surface area contributed by atoms with Crippen LogP contribution in [-0.4, -0.2) is 38.0 Å². The summed E-state index contributed by atoms with van der Waals surface area (Å²) in [5.41, 5.74) is 0.0624. The second kappa shape index (κ2) is 7.57. The van der Waals surface area contributed by atoms with Gasteiger partial charge in [0.15, 0.2) is 0 Å². The molecule has 0 aromatic rings. The first-order valence-corrected chi connectivity index (χ1v) is 5.61. The maximum atomic E-state index is 11.8. The lowest BCUT2D eigenvalue weighted by Gasteiger charge is -2.24. The fourth-order valence-electron chi connectivity index (χ4n) is 1.10. The molecule has 1 unspecified atom stereocenters. The molecule has 0 saturated carbocycles. The first-order valence-electron chi connectivity index (χ1n) is 5.61. The van der Waals surface area contributed by atoms with Gasteiger partial charge in [-0.25, -0.2) is 4.79 Å². The summed E-state index contributed by atoms with van der Waals surface area (Å²) >= 11 is 0. The van der Waals surface area contributed by atoms with Crippen LogP contribution >= 0.6 is 0 Å². The molecule has 0 aliphatic heterocycles. The molecule has 0 bridgehead atoms. The normalized spacial score (nSPS) is 13.6. The van der Waals surface area contributed by atoms with Gasteiger partial charge < -0.3 is 15.4 Å². The summed E-state index contributed by atoms with van der Waals surface area (Å²) in [6.07, 6.45) is 0.0712. The number of nitrogens with one attached hydrogen (secondary N) is 2. The Bertz CT molecular complexity index is 210. The van der Waals surface area contributed by atoms with Gasteiger partial charge in [-0.05, 0) is 40.7 Å². The number of ether oxygens (including phenoxy) is 1. The van der Waals surface area contributed by atoms with Crippen molar-refractivity contribution in [3.63, 3.8) is 0 Å². The van der Waals surface area contributed by atoms with E-state index >= 15 is 0 Å². The van der Waals surface area contributed by atoms with Crippen LogP contribution in [0.5, 0.6) is 0 Å². The minimum Gasteiger partial charge on any atom is -0.378 e. The van der Waals surface area contributed by atoms with Crippen LogP contribution in [0.2, 0.25) is 0 Å². The molecule has 0 radical (unpaired) electrons. The van der Waals surface area contributed by atoms with E-state index in [1.54, 1.807) is 0 Å². The minimum absolute atomic E-state index is 0.0273. The molecule has 1 amide bonds. The first-order chi connectivity index (χ1) is 7.37. The number of amides is 1. The van der Waals surface area contributed by atoms with E-state index in [4.69, 9.17) is 4.74 Å². The molecule has 4 nitrogen and oxygen atoms in total. The molecule has 0 aliphatic rings. The smallest absolute Gasteiger partial charge is 0.378 e. The maximum Gasteiger partial charge on any atom is 0.397 e. The van der Waals surface area contributed by atoms with Crippen molar-refractivity contribution in [3.8, 4) is 0 Å². The van der Waals surface area contributed by atoms with Gasteiger partial charge in [-0.15, -0.1) is 4.39 Å². The Morgan fingerprint density at radius 2 is 2.12 bits per heavy atom. The van der Waals surface area contributed by atoms with E-state index in [2.05, 4.69) is 24.5 Å². The lowest BCUT2D eigenvalue weighted by molar-refractivity contribution is 0.0486. The number of halogens is 1. The predicted octanol–water partition coefficient (Wildman–Crippen LogP) is 1.85. The fourth-order valence-corrected chi connectivity index (χ4v) is 1.10. The molecule has 0 rings (SSSR count). The van der Waals surface area contributed by atoms with Gasteiger partial charge in [0.05, 0.1) is 6.10 Å². The second-order valence-corrected chi connectivity index (χ2v) is 4.55. The van der Waals surface area contributed by atoms with E-state index in [0.29, 0.717) is 19.6 Å². The molecule has 0 spiro atoms. The third-order valence-electron chi connectivity index (χ3n) is 2.62. The molecule has 0 aliphatic carbocycles. The highest BCUT2D eigenvalue weighted by molar-refractivity contribution is 5.65. The molecule has 1 atom stereocenters. The summed E-state index contributed by atoms with van der Waals surface area (Å²) in [5, 5.41) is 5.28. The van der Waals surface area contributed by atoms with Crippen molar-refractivity contribution >= 4 is 6.16 Å². The van der Waals surface area contributed by atoms with Crippen LogP contribution in [0.15, 0.2) is 0 Å². The van der Waals surface area contributed by atoms with E-state index in [9.17, 15) is 9.18 Å². The van der Waals surface area contributed by atoms with Crippen LogP contribution in [-0.2, 0) is 4.74 Å². The van der Waals surface area contributed by atoms with Gasteiger partial charge in [-0.2, -0.15) is 0 Å². The molecular weight excluding hydrogens is 211 g/mol. The molecule has 2 N–H and O–H groups in total. The Kier molecular flexibility index (Phi) is 7.25. The van der Waals surface area contributed by atoms with Crippen molar-refractivity contribution < 1.29 is 13.9 Å². The SMILES string of the molecule is CNC(C)(C)CCOC(C)CCNC(=O)F. The number of carbonyl (C=O) groups is 1. The van der Waals surface area contributed by atoms with Crippen molar-refractivity contribution in [2.45, 2.75) is 45.3 Å². The van der Waals surface area contributed by atoms with E-state index < -0.39 is 6.16 Å². The summed E-state index contributed by atoms with van der Waals surface area (Å²) in [6.45, 7) is 7.08. The van der Waals surface area contributed by atoms with Gasteiger partial charge in [-0.3, -0.25) is 0 Å². The van der Waals surface area contributed by atoms with Gasteiger partial charge in [0.2, 0.25) is 0 Å². The zero-order valence-electron chi connectivity index (χ0n) is 10.6. The molecule has 16 heavy (non-hydrogen) atoms. The highest BCUT2D eigenvalue weighted by atomic mass is 19.1. The van der Waals surface area contributed by atoms with Gasteiger partial charge >= 0.3 is 6.16 Å². The third-order valence-corrected chi connectivity index (χ3v) is 2.62. The van der Waals surface area contributed by atoms with Crippen LogP contribution in [0.4, 0.5) is 9.18 Å². The molecule has 5 heteroatoms. The molecule has 0 fully saturated rings. The Labute approximate surface area is 96.9 Å². The summed E-state index contributed by atoms with van der Waals surface area (Å²) in [5.74, 6) is 0. The average Bonchev–Trinajstić information content (AvgIpc) is 2.17. The van der Waals surface area contributed by atoms with Crippen LogP contribution in [0, 0.1) is 0 Å². The Morgan fingerprint density at radius 1 is 1.50 bits per heavy atom. The number of hydrogen-bond donors (Lipinski definition) is 2.